The third-order valence-corrected chi connectivity index (χ3v) is 5.60. The molecule has 4 aromatic rings. The van der Waals surface area contributed by atoms with Crippen molar-refractivity contribution < 1.29 is 19.4 Å². The molecule has 0 aliphatic heterocycles. The number of methoxy groups -OCH3 is 1. The Bertz CT molecular complexity index is 1340. The van der Waals surface area contributed by atoms with Gasteiger partial charge >= 0.3 is 6.09 Å². The van der Waals surface area contributed by atoms with Gasteiger partial charge in [-0.05, 0) is 53.4 Å². The SMILES string of the molecule is COc1ccc(CNc2cc(CNc3ncc(Cl)cn3)cc(Oc3ccc(CCNC(=O)O)cc3)n2)cc1. The molecule has 2 aromatic carbocycles. The smallest absolute Gasteiger partial charge is 0.404 e. The highest BCUT2D eigenvalue weighted by Gasteiger charge is 2.08. The Labute approximate surface area is 225 Å². The number of aromatic nitrogens is 3. The number of ether oxygens (including phenoxy) is 2. The topological polar surface area (TPSA) is 131 Å². The predicted octanol–water partition coefficient (Wildman–Crippen LogP) is 5.36. The van der Waals surface area contributed by atoms with E-state index in [0.717, 1.165) is 22.4 Å². The molecule has 0 aliphatic carbocycles. The number of nitrogens with zero attached hydrogens (tertiary/aromatic N) is 3. The zero-order valence-corrected chi connectivity index (χ0v) is 21.4. The molecule has 11 heteroatoms. The van der Waals surface area contributed by atoms with Crippen LogP contribution in [0.3, 0.4) is 0 Å². The minimum Gasteiger partial charge on any atom is -0.497 e. The highest BCUT2D eigenvalue weighted by molar-refractivity contribution is 6.30. The summed E-state index contributed by atoms with van der Waals surface area (Å²) in [5.41, 5.74) is 2.96. The van der Waals surface area contributed by atoms with E-state index in [-0.39, 0.29) is 0 Å². The highest BCUT2D eigenvalue weighted by atomic mass is 35.5. The molecule has 0 spiro atoms. The maximum absolute atomic E-state index is 10.6. The lowest BCUT2D eigenvalue weighted by Crippen LogP contribution is -2.23. The second kappa shape index (κ2) is 13.1. The molecule has 4 N–H and O–H groups in total. The zero-order chi connectivity index (χ0) is 26.7. The number of pyridine rings is 1. The van der Waals surface area contributed by atoms with Crippen LogP contribution in [0.4, 0.5) is 16.6 Å². The minimum absolute atomic E-state index is 0.340. The number of halogens is 1. The summed E-state index contributed by atoms with van der Waals surface area (Å²) in [6, 6.07) is 19.0. The summed E-state index contributed by atoms with van der Waals surface area (Å²) in [7, 11) is 1.64. The number of carbonyl (C=O) groups is 1. The number of benzene rings is 2. The molecule has 2 aromatic heterocycles. The van der Waals surface area contributed by atoms with Gasteiger partial charge in [-0.15, -0.1) is 0 Å². The monoisotopic (exact) mass is 534 g/mol. The van der Waals surface area contributed by atoms with Gasteiger partial charge in [0.1, 0.15) is 17.3 Å². The van der Waals surface area contributed by atoms with Crippen molar-refractivity contribution in [1.82, 2.24) is 20.3 Å². The van der Waals surface area contributed by atoms with Gasteiger partial charge in [0.25, 0.3) is 0 Å². The standard InChI is InChI=1S/C27H27ClN6O4/c1-37-22-6-4-19(5-7-22)14-30-24-12-20(15-31-26-32-16-21(28)17-33-26)13-25(34-24)38-23-8-2-18(3-9-23)10-11-29-27(35)36/h2-9,12-13,16-17,29H,10-11,14-15H2,1H3,(H,30,34)(H,35,36)(H,31,32,33). The zero-order valence-electron chi connectivity index (χ0n) is 20.6. The predicted molar refractivity (Wildman–Crippen MR) is 145 cm³/mol. The normalized spacial score (nSPS) is 10.5. The van der Waals surface area contributed by atoms with Gasteiger partial charge in [-0.3, -0.25) is 0 Å². The molecule has 1 amide bonds. The highest BCUT2D eigenvalue weighted by Crippen LogP contribution is 2.24. The first-order valence-electron chi connectivity index (χ1n) is 11.8. The van der Waals surface area contributed by atoms with Crippen molar-refractivity contribution in [1.29, 1.82) is 0 Å². The number of hydrogen-bond donors (Lipinski definition) is 4. The molecule has 2 heterocycles. The second-order valence-corrected chi connectivity index (χ2v) is 8.64. The van der Waals surface area contributed by atoms with Crippen LogP contribution in [0, 0.1) is 0 Å². The molecule has 38 heavy (non-hydrogen) atoms. The first-order valence-corrected chi connectivity index (χ1v) is 12.2. The second-order valence-electron chi connectivity index (χ2n) is 8.21. The van der Waals surface area contributed by atoms with Gasteiger partial charge in [0, 0.05) is 25.7 Å². The number of carboxylic acid groups (broad SMARTS) is 1. The van der Waals surface area contributed by atoms with Crippen LogP contribution < -0.4 is 25.4 Å². The third-order valence-electron chi connectivity index (χ3n) is 5.40. The summed E-state index contributed by atoms with van der Waals surface area (Å²) >= 11 is 5.88. The molecule has 0 saturated heterocycles. The molecule has 4 rings (SSSR count). The van der Waals surface area contributed by atoms with Crippen LogP contribution in [0.25, 0.3) is 0 Å². The van der Waals surface area contributed by atoms with E-state index < -0.39 is 6.09 Å². The molecule has 0 saturated carbocycles. The van der Waals surface area contributed by atoms with Crippen molar-refractivity contribution in [3.05, 3.63) is 94.8 Å². The van der Waals surface area contributed by atoms with Gasteiger partial charge in [0.05, 0.1) is 24.5 Å². The molecule has 0 unspecified atom stereocenters. The quantitative estimate of drug-likeness (QED) is 0.190. The van der Waals surface area contributed by atoms with Crippen LogP contribution in [-0.2, 0) is 19.5 Å². The lowest BCUT2D eigenvalue weighted by Gasteiger charge is -2.13. The minimum atomic E-state index is -1.04. The number of hydrogen-bond acceptors (Lipinski definition) is 8. The van der Waals surface area contributed by atoms with Crippen molar-refractivity contribution in [3.63, 3.8) is 0 Å². The maximum Gasteiger partial charge on any atom is 0.404 e. The maximum atomic E-state index is 10.6. The van der Waals surface area contributed by atoms with Gasteiger partial charge in [0.15, 0.2) is 0 Å². The summed E-state index contributed by atoms with van der Waals surface area (Å²) in [6.07, 6.45) is 2.60. The molecule has 0 bridgehead atoms. The van der Waals surface area contributed by atoms with Crippen LogP contribution >= 0.6 is 11.6 Å². The van der Waals surface area contributed by atoms with Gasteiger partial charge in [0.2, 0.25) is 11.8 Å². The van der Waals surface area contributed by atoms with Crippen LogP contribution in [0.1, 0.15) is 16.7 Å². The van der Waals surface area contributed by atoms with E-state index in [2.05, 4.69) is 30.9 Å². The summed E-state index contributed by atoms with van der Waals surface area (Å²) in [6.45, 7) is 1.34. The Balaban J connectivity index is 1.47. The lowest BCUT2D eigenvalue weighted by molar-refractivity contribution is 0.194. The fraction of sp³-hybridized carbons (Fsp3) is 0.185. The lowest BCUT2D eigenvalue weighted by atomic mass is 10.1. The van der Waals surface area contributed by atoms with Crippen molar-refractivity contribution in [2.45, 2.75) is 19.5 Å². The van der Waals surface area contributed by atoms with Crippen LogP contribution in [-0.4, -0.2) is 39.8 Å². The molecular formula is C27H27ClN6O4. The van der Waals surface area contributed by atoms with Crippen LogP contribution in [0.5, 0.6) is 17.4 Å². The van der Waals surface area contributed by atoms with Gasteiger partial charge < -0.3 is 30.5 Å². The van der Waals surface area contributed by atoms with Crippen LogP contribution in [0.2, 0.25) is 5.02 Å². The Morgan fingerprint density at radius 3 is 2.24 bits per heavy atom. The summed E-state index contributed by atoms with van der Waals surface area (Å²) in [5.74, 6) is 2.92. The molecule has 196 valence electrons. The molecule has 0 fully saturated rings. The number of amides is 1. The van der Waals surface area contributed by atoms with E-state index in [1.807, 2.05) is 60.7 Å². The molecule has 10 nitrogen and oxygen atoms in total. The number of nitrogens with one attached hydrogen (secondary N) is 3. The largest absolute Gasteiger partial charge is 0.497 e. The Morgan fingerprint density at radius 2 is 1.55 bits per heavy atom. The third kappa shape index (κ3) is 8.24. The van der Waals surface area contributed by atoms with Crippen molar-refractivity contribution in [2.24, 2.45) is 0 Å². The molecular weight excluding hydrogens is 508 g/mol. The fourth-order valence-electron chi connectivity index (χ4n) is 3.48. The van der Waals surface area contributed by atoms with Crippen molar-refractivity contribution in [3.8, 4) is 17.4 Å². The Hall–Kier alpha value is -4.57. The Kier molecular flexibility index (Phi) is 9.14. The first kappa shape index (κ1) is 26.5. The summed E-state index contributed by atoms with van der Waals surface area (Å²) in [4.78, 5) is 23.6. The first-order chi connectivity index (χ1) is 18.5. The Morgan fingerprint density at radius 1 is 0.895 bits per heavy atom. The average molecular weight is 535 g/mol. The van der Waals surface area contributed by atoms with E-state index in [4.69, 9.17) is 26.2 Å². The van der Waals surface area contributed by atoms with E-state index in [0.29, 0.717) is 54.5 Å². The van der Waals surface area contributed by atoms with Gasteiger partial charge in [-0.2, -0.15) is 4.98 Å². The fourth-order valence-corrected chi connectivity index (χ4v) is 3.58. The summed E-state index contributed by atoms with van der Waals surface area (Å²) in [5, 5.41) is 18.1. The average Bonchev–Trinajstić information content (AvgIpc) is 2.92. The molecule has 0 radical (unpaired) electrons. The van der Waals surface area contributed by atoms with E-state index in [1.165, 1.54) is 12.4 Å². The van der Waals surface area contributed by atoms with E-state index in [9.17, 15) is 4.79 Å². The van der Waals surface area contributed by atoms with Crippen molar-refractivity contribution in [2.75, 3.05) is 24.3 Å². The number of anilines is 2. The van der Waals surface area contributed by atoms with E-state index in [1.54, 1.807) is 7.11 Å². The van der Waals surface area contributed by atoms with Crippen LogP contribution in [0.15, 0.2) is 73.1 Å². The van der Waals surface area contributed by atoms with E-state index >= 15 is 0 Å². The molecule has 0 aliphatic rings. The van der Waals surface area contributed by atoms with Crippen molar-refractivity contribution >= 4 is 29.5 Å². The van der Waals surface area contributed by atoms with Gasteiger partial charge in [-0.25, -0.2) is 14.8 Å². The molecule has 0 atom stereocenters. The van der Waals surface area contributed by atoms with Gasteiger partial charge in [-0.1, -0.05) is 35.9 Å². The summed E-state index contributed by atoms with van der Waals surface area (Å²) < 4.78 is 11.3. The number of rotatable bonds is 12.